The molecule has 128 valence electrons. The summed E-state index contributed by atoms with van der Waals surface area (Å²) >= 11 is 12.7. The minimum atomic E-state index is -1.19. The first-order chi connectivity index (χ1) is 11.0. The molecule has 2 rings (SSSR count). The highest BCUT2D eigenvalue weighted by Gasteiger charge is 2.45. The van der Waals surface area contributed by atoms with Crippen LogP contribution in [0.1, 0.15) is 6.42 Å². The highest BCUT2D eigenvalue weighted by atomic mass is 35.5. The molecule has 1 unspecified atom stereocenters. The zero-order valence-electron chi connectivity index (χ0n) is 12.2. The molecule has 1 N–H and O–H groups in total. The van der Waals surface area contributed by atoms with Crippen molar-refractivity contribution in [3.63, 3.8) is 0 Å². The number of carboxylic acids is 1. The molecule has 1 atom stereocenters. The first-order valence-electron chi connectivity index (χ1n) is 6.92. The van der Waals surface area contributed by atoms with Crippen LogP contribution >= 0.6 is 35.0 Å². The second kappa shape index (κ2) is 8.12. The van der Waals surface area contributed by atoms with Gasteiger partial charge in [-0.25, -0.2) is 9.59 Å². The average Bonchev–Trinajstić information content (AvgIpc) is 2.51. The molecule has 2 aliphatic rings. The van der Waals surface area contributed by atoms with E-state index in [1.807, 2.05) is 0 Å². The van der Waals surface area contributed by atoms with E-state index in [1.165, 1.54) is 21.6 Å². The van der Waals surface area contributed by atoms with E-state index in [9.17, 15) is 19.5 Å². The molecule has 0 spiro atoms. The molecule has 10 heteroatoms. The molecule has 7 nitrogen and oxygen atoms in total. The number of fused-ring (bicyclic) bond motifs is 1. The predicted octanol–water partition coefficient (Wildman–Crippen LogP) is 1.55. The number of hydrogen-bond acceptors (Lipinski definition) is 5. The summed E-state index contributed by atoms with van der Waals surface area (Å²) in [6, 6.07) is 0. The van der Waals surface area contributed by atoms with Crippen molar-refractivity contribution in [2.45, 2.75) is 11.8 Å². The summed E-state index contributed by atoms with van der Waals surface area (Å²) in [4.78, 5) is 37.7. The van der Waals surface area contributed by atoms with Gasteiger partial charge in [0.05, 0.1) is 11.8 Å². The standard InChI is InChI=1S/C13H16Cl2N2O5S/c14-1-3-16(4-2-15)13(21)22-6-8-7-23-10-5-9(18)17(10)11(8)12(19)20/h10H,1-7H2,(H,19,20). The number of thioether (sulfide) groups is 1. The van der Waals surface area contributed by atoms with Crippen molar-refractivity contribution in [3.05, 3.63) is 11.3 Å². The van der Waals surface area contributed by atoms with Gasteiger partial charge in [0.2, 0.25) is 5.91 Å². The lowest BCUT2D eigenvalue weighted by Gasteiger charge is -2.43. The molecule has 23 heavy (non-hydrogen) atoms. The molecule has 0 aliphatic carbocycles. The SMILES string of the molecule is O=C(O)C1=C(COC(=O)N(CCCl)CCCl)CSC2CC(=O)N12. The summed E-state index contributed by atoms with van der Waals surface area (Å²) in [6.45, 7) is 0.407. The van der Waals surface area contributed by atoms with Crippen molar-refractivity contribution in [2.24, 2.45) is 0 Å². The van der Waals surface area contributed by atoms with E-state index >= 15 is 0 Å². The summed E-state index contributed by atoms with van der Waals surface area (Å²) in [5.74, 6) is -0.514. The fraction of sp³-hybridized carbons (Fsp3) is 0.615. The van der Waals surface area contributed by atoms with Crippen molar-refractivity contribution in [1.29, 1.82) is 0 Å². The molecule has 2 aliphatic heterocycles. The maximum Gasteiger partial charge on any atom is 0.410 e. The van der Waals surface area contributed by atoms with Gasteiger partial charge in [0.15, 0.2) is 0 Å². The van der Waals surface area contributed by atoms with Crippen molar-refractivity contribution >= 4 is 52.9 Å². The minimum absolute atomic E-state index is 0.0703. The van der Waals surface area contributed by atoms with Crippen LogP contribution in [0.5, 0.6) is 0 Å². The molecule has 0 aromatic carbocycles. The summed E-state index contributed by atoms with van der Waals surface area (Å²) < 4.78 is 5.17. The monoisotopic (exact) mass is 382 g/mol. The zero-order valence-corrected chi connectivity index (χ0v) is 14.5. The fourth-order valence-electron chi connectivity index (χ4n) is 2.33. The molecule has 0 bridgehead atoms. The number of amides is 2. The molecule has 2 heterocycles. The molecular weight excluding hydrogens is 367 g/mol. The Morgan fingerprint density at radius 1 is 1.35 bits per heavy atom. The number of halogens is 2. The van der Waals surface area contributed by atoms with E-state index in [0.29, 0.717) is 30.8 Å². The van der Waals surface area contributed by atoms with Crippen LogP contribution in [-0.4, -0.2) is 75.5 Å². The van der Waals surface area contributed by atoms with E-state index in [0.717, 1.165) is 0 Å². The maximum absolute atomic E-state index is 12.0. The van der Waals surface area contributed by atoms with Crippen molar-refractivity contribution in [1.82, 2.24) is 9.80 Å². The van der Waals surface area contributed by atoms with E-state index in [2.05, 4.69) is 0 Å². The third kappa shape index (κ3) is 4.05. The average molecular weight is 383 g/mol. The molecule has 1 saturated heterocycles. The number of ether oxygens (including phenoxy) is 1. The normalized spacial score (nSPS) is 20.0. The van der Waals surface area contributed by atoms with Gasteiger partial charge in [-0.1, -0.05) is 0 Å². The molecule has 2 amide bonds. The molecule has 0 saturated carbocycles. The topological polar surface area (TPSA) is 87.1 Å². The Bertz CT molecular complexity index is 536. The van der Waals surface area contributed by atoms with Crippen LogP contribution in [0.2, 0.25) is 0 Å². The maximum atomic E-state index is 12.0. The summed E-state index contributed by atoms with van der Waals surface area (Å²) in [5.41, 5.74) is 0.343. The highest BCUT2D eigenvalue weighted by Crippen LogP contribution is 2.39. The van der Waals surface area contributed by atoms with E-state index < -0.39 is 12.1 Å². The van der Waals surface area contributed by atoms with Gasteiger partial charge < -0.3 is 14.7 Å². The van der Waals surface area contributed by atoms with E-state index in [-0.39, 0.29) is 35.3 Å². The lowest BCUT2D eigenvalue weighted by molar-refractivity contribution is -0.146. The third-order valence-corrected chi connectivity index (χ3v) is 5.09. The fourth-order valence-corrected chi connectivity index (χ4v) is 3.98. The molecule has 1 fully saturated rings. The number of rotatable bonds is 7. The zero-order chi connectivity index (χ0) is 17.0. The van der Waals surface area contributed by atoms with Crippen LogP contribution in [0.3, 0.4) is 0 Å². The Kier molecular flexibility index (Phi) is 6.43. The van der Waals surface area contributed by atoms with Crippen LogP contribution < -0.4 is 0 Å². The summed E-state index contributed by atoms with van der Waals surface area (Å²) in [5, 5.41) is 9.22. The minimum Gasteiger partial charge on any atom is -0.477 e. The van der Waals surface area contributed by atoms with E-state index in [4.69, 9.17) is 27.9 Å². The van der Waals surface area contributed by atoms with Crippen LogP contribution in [0.4, 0.5) is 4.79 Å². The van der Waals surface area contributed by atoms with Gasteiger partial charge in [-0.3, -0.25) is 9.69 Å². The Morgan fingerprint density at radius 2 is 2.00 bits per heavy atom. The Morgan fingerprint density at radius 3 is 2.52 bits per heavy atom. The van der Waals surface area contributed by atoms with Crippen LogP contribution in [0.25, 0.3) is 0 Å². The Balaban J connectivity index is 2.05. The first-order valence-corrected chi connectivity index (χ1v) is 9.04. The molecule has 0 radical (unpaired) electrons. The van der Waals surface area contributed by atoms with Crippen molar-refractivity contribution in [3.8, 4) is 0 Å². The Labute approximate surface area is 147 Å². The van der Waals surface area contributed by atoms with Crippen molar-refractivity contribution in [2.75, 3.05) is 37.2 Å². The highest BCUT2D eigenvalue weighted by molar-refractivity contribution is 8.00. The summed E-state index contributed by atoms with van der Waals surface area (Å²) in [7, 11) is 0. The number of β-lactam (4-membered cyclic amide) rings is 1. The van der Waals surface area contributed by atoms with Gasteiger partial charge in [0.25, 0.3) is 0 Å². The number of carboxylic acid groups (broad SMARTS) is 1. The number of carbonyl (C=O) groups is 3. The van der Waals surface area contributed by atoms with Crippen LogP contribution in [-0.2, 0) is 14.3 Å². The van der Waals surface area contributed by atoms with Gasteiger partial charge in [-0.2, -0.15) is 0 Å². The first kappa shape index (κ1) is 18.2. The molecule has 0 aromatic heterocycles. The lowest BCUT2D eigenvalue weighted by Crippen LogP contribution is -2.54. The van der Waals surface area contributed by atoms with Crippen LogP contribution in [0, 0.1) is 0 Å². The number of hydrogen-bond donors (Lipinski definition) is 1. The lowest BCUT2D eigenvalue weighted by atomic mass is 10.1. The smallest absolute Gasteiger partial charge is 0.410 e. The van der Waals surface area contributed by atoms with Crippen molar-refractivity contribution < 1.29 is 24.2 Å². The number of nitrogens with zero attached hydrogens (tertiary/aromatic N) is 2. The van der Waals surface area contributed by atoms with E-state index in [1.54, 1.807) is 0 Å². The molecular formula is C13H16Cl2N2O5S. The van der Waals surface area contributed by atoms with Gasteiger partial charge in [-0.15, -0.1) is 35.0 Å². The van der Waals surface area contributed by atoms with Gasteiger partial charge in [-0.05, 0) is 0 Å². The second-order valence-corrected chi connectivity index (χ2v) is 6.83. The Hall–Kier alpha value is -1.12. The third-order valence-electron chi connectivity index (χ3n) is 3.47. The summed E-state index contributed by atoms with van der Waals surface area (Å²) in [6.07, 6.45) is -0.265. The number of alkyl halides is 2. The number of carbonyl (C=O) groups excluding carboxylic acids is 2. The van der Waals surface area contributed by atoms with Gasteiger partial charge in [0.1, 0.15) is 12.3 Å². The largest absolute Gasteiger partial charge is 0.477 e. The molecule has 0 aromatic rings. The van der Waals surface area contributed by atoms with Gasteiger partial charge >= 0.3 is 12.1 Å². The second-order valence-electron chi connectivity index (χ2n) is 4.91. The quantitative estimate of drug-likeness (QED) is 0.530. The predicted molar refractivity (Wildman–Crippen MR) is 86.7 cm³/mol. The van der Waals surface area contributed by atoms with Gasteiger partial charge in [0, 0.05) is 36.2 Å². The number of aliphatic carboxylic acids is 1. The van der Waals surface area contributed by atoms with Crippen LogP contribution in [0.15, 0.2) is 11.3 Å².